The highest BCUT2D eigenvalue weighted by Gasteiger charge is 2.22. The van der Waals surface area contributed by atoms with Crippen molar-refractivity contribution in [1.82, 2.24) is 0 Å². The quantitative estimate of drug-likeness (QED) is 0.883. The summed E-state index contributed by atoms with van der Waals surface area (Å²) in [5, 5.41) is 0. The summed E-state index contributed by atoms with van der Waals surface area (Å²) in [7, 11) is -3.83. The first-order chi connectivity index (χ1) is 9.95. The van der Waals surface area contributed by atoms with Gasteiger partial charge in [-0.15, -0.1) is 0 Å². The Labute approximate surface area is 120 Å². The molecule has 0 spiro atoms. The Hall–Kier alpha value is -2.41. The summed E-state index contributed by atoms with van der Waals surface area (Å²) in [5.74, 6) is -0.998. The summed E-state index contributed by atoms with van der Waals surface area (Å²) >= 11 is 0. The van der Waals surface area contributed by atoms with Crippen LogP contribution in [0.5, 0.6) is 0 Å². The minimum absolute atomic E-state index is 0.0630. The van der Waals surface area contributed by atoms with Gasteiger partial charge < -0.3 is 4.74 Å². The predicted molar refractivity (Wildman–Crippen MR) is 72.8 cm³/mol. The number of cyclic esters (lactones) is 1. The standard InChI is InChI=1S/C14H10FNO4S/c15-10-2-5-12(6-3-10)21(18,19)16-11-4-1-9-8-20-14(17)13(9)7-11/h1-7,16H,8H2. The first kappa shape index (κ1) is 13.6. The Kier molecular flexibility index (Phi) is 3.13. The van der Waals surface area contributed by atoms with E-state index < -0.39 is 21.8 Å². The minimum atomic E-state index is -3.83. The van der Waals surface area contributed by atoms with Crippen LogP contribution >= 0.6 is 0 Å². The van der Waals surface area contributed by atoms with E-state index in [1.54, 1.807) is 12.1 Å². The first-order valence-electron chi connectivity index (χ1n) is 6.04. The Bertz CT molecular complexity index is 815. The highest BCUT2D eigenvalue weighted by Crippen LogP contribution is 2.25. The molecule has 0 unspecified atom stereocenters. The van der Waals surface area contributed by atoms with Crippen molar-refractivity contribution >= 4 is 21.7 Å². The molecular weight excluding hydrogens is 297 g/mol. The lowest BCUT2D eigenvalue weighted by molar-refractivity contribution is 0.0535. The zero-order chi connectivity index (χ0) is 15.0. The molecule has 0 saturated carbocycles. The maximum Gasteiger partial charge on any atom is 0.338 e. The monoisotopic (exact) mass is 307 g/mol. The zero-order valence-electron chi connectivity index (χ0n) is 10.7. The molecule has 1 heterocycles. The van der Waals surface area contributed by atoms with E-state index in [1.165, 1.54) is 18.2 Å². The van der Waals surface area contributed by atoms with Gasteiger partial charge in [0.05, 0.1) is 10.5 Å². The van der Waals surface area contributed by atoms with Crippen molar-refractivity contribution in [3.05, 3.63) is 59.4 Å². The smallest absolute Gasteiger partial charge is 0.338 e. The van der Waals surface area contributed by atoms with E-state index in [0.717, 1.165) is 12.1 Å². The molecule has 0 radical (unpaired) electrons. The lowest BCUT2D eigenvalue weighted by Crippen LogP contribution is -2.13. The molecule has 1 aliphatic rings. The fourth-order valence-corrected chi connectivity index (χ4v) is 3.05. The number of rotatable bonds is 3. The SMILES string of the molecule is O=C1OCc2ccc(NS(=O)(=O)c3ccc(F)cc3)cc21. The van der Waals surface area contributed by atoms with Crippen LogP contribution in [0.2, 0.25) is 0 Å². The molecular formula is C14H10FNO4S. The molecule has 0 fully saturated rings. The number of halogens is 1. The number of hydrogen-bond donors (Lipinski definition) is 1. The second-order valence-electron chi connectivity index (χ2n) is 4.51. The number of esters is 1. The summed E-state index contributed by atoms with van der Waals surface area (Å²) in [6.45, 7) is 0.194. The third-order valence-corrected chi connectivity index (χ3v) is 4.46. The van der Waals surface area contributed by atoms with Gasteiger partial charge in [-0.05, 0) is 36.4 Å². The Morgan fingerprint density at radius 1 is 1.10 bits per heavy atom. The van der Waals surface area contributed by atoms with E-state index in [9.17, 15) is 17.6 Å². The molecule has 1 N–H and O–H groups in total. The number of fused-ring (bicyclic) bond motifs is 1. The molecule has 0 bridgehead atoms. The highest BCUT2D eigenvalue weighted by molar-refractivity contribution is 7.92. The topological polar surface area (TPSA) is 72.5 Å². The molecule has 0 aliphatic carbocycles. The summed E-state index contributed by atoms with van der Waals surface area (Å²) in [5.41, 5.74) is 1.30. The third kappa shape index (κ3) is 2.59. The number of hydrogen-bond acceptors (Lipinski definition) is 4. The van der Waals surface area contributed by atoms with Gasteiger partial charge in [0.25, 0.3) is 10.0 Å². The predicted octanol–water partition coefficient (Wildman–Crippen LogP) is 2.30. The Morgan fingerprint density at radius 2 is 1.81 bits per heavy atom. The van der Waals surface area contributed by atoms with Crippen LogP contribution in [-0.4, -0.2) is 14.4 Å². The van der Waals surface area contributed by atoms with E-state index in [-0.39, 0.29) is 17.2 Å². The Morgan fingerprint density at radius 3 is 2.52 bits per heavy atom. The molecule has 108 valence electrons. The fourth-order valence-electron chi connectivity index (χ4n) is 2.00. The number of carbonyl (C=O) groups excluding carboxylic acids is 1. The number of sulfonamides is 1. The van der Waals surface area contributed by atoms with E-state index in [4.69, 9.17) is 4.74 Å². The van der Waals surface area contributed by atoms with Gasteiger partial charge >= 0.3 is 5.97 Å². The average molecular weight is 307 g/mol. The van der Waals surface area contributed by atoms with E-state index >= 15 is 0 Å². The molecule has 0 amide bonds. The molecule has 5 nitrogen and oxygen atoms in total. The van der Waals surface area contributed by atoms with Crippen LogP contribution < -0.4 is 4.72 Å². The van der Waals surface area contributed by atoms with Crippen molar-refractivity contribution in [2.45, 2.75) is 11.5 Å². The van der Waals surface area contributed by atoms with Crippen LogP contribution in [0.1, 0.15) is 15.9 Å². The van der Waals surface area contributed by atoms with Crippen molar-refractivity contribution in [2.24, 2.45) is 0 Å². The lowest BCUT2D eigenvalue weighted by Gasteiger charge is -2.08. The highest BCUT2D eigenvalue weighted by atomic mass is 32.2. The summed E-state index contributed by atoms with van der Waals surface area (Å²) in [4.78, 5) is 11.4. The second kappa shape index (κ2) is 4.85. The number of carbonyl (C=O) groups is 1. The average Bonchev–Trinajstić information content (AvgIpc) is 2.80. The van der Waals surface area contributed by atoms with Crippen molar-refractivity contribution in [2.75, 3.05) is 4.72 Å². The van der Waals surface area contributed by atoms with Gasteiger partial charge in [-0.25, -0.2) is 17.6 Å². The van der Waals surface area contributed by atoms with E-state index in [2.05, 4.69) is 4.72 Å². The van der Waals surface area contributed by atoms with Gasteiger partial charge in [0.1, 0.15) is 12.4 Å². The van der Waals surface area contributed by atoms with Crippen LogP contribution in [0.4, 0.5) is 10.1 Å². The molecule has 21 heavy (non-hydrogen) atoms. The molecule has 2 aromatic carbocycles. The summed E-state index contributed by atoms with van der Waals surface area (Å²) in [6, 6.07) is 9.05. The number of nitrogens with one attached hydrogen (secondary N) is 1. The molecule has 0 saturated heterocycles. The van der Waals surface area contributed by atoms with Crippen LogP contribution in [0.3, 0.4) is 0 Å². The van der Waals surface area contributed by atoms with Gasteiger partial charge in [-0.1, -0.05) is 6.07 Å². The Balaban J connectivity index is 1.91. The molecule has 3 rings (SSSR count). The van der Waals surface area contributed by atoms with Crippen molar-refractivity contribution in [1.29, 1.82) is 0 Å². The van der Waals surface area contributed by atoms with E-state index in [0.29, 0.717) is 11.1 Å². The van der Waals surface area contributed by atoms with Gasteiger partial charge in [-0.3, -0.25) is 4.72 Å². The van der Waals surface area contributed by atoms with E-state index in [1.807, 2.05) is 0 Å². The van der Waals surface area contributed by atoms with Crippen LogP contribution in [0.25, 0.3) is 0 Å². The lowest BCUT2D eigenvalue weighted by atomic mass is 10.1. The van der Waals surface area contributed by atoms with Crippen LogP contribution in [-0.2, 0) is 21.4 Å². The first-order valence-corrected chi connectivity index (χ1v) is 7.52. The number of benzene rings is 2. The zero-order valence-corrected chi connectivity index (χ0v) is 11.5. The molecule has 7 heteroatoms. The maximum atomic E-state index is 12.8. The van der Waals surface area contributed by atoms with Crippen LogP contribution in [0.15, 0.2) is 47.4 Å². The summed E-state index contributed by atoms with van der Waals surface area (Å²) in [6.07, 6.45) is 0. The van der Waals surface area contributed by atoms with Crippen LogP contribution in [0, 0.1) is 5.82 Å². The second-order valence-corrected chi connectivity index (χ2v) is 6.19. The largest absolute Gasteiger partial charge is 0.457 e. The molecule has 0 aromatic heterocycles. The molecule has 1 aliphatic heterocycles. The molecule has 2 aromatic rings. The van der Waals surface area contributed by atoms with Crippen molar-refractivity contribution in [3.8, 4) is 0 Å². The third-order valence-electron chi connectivity index (χ3n) is 3.06. The van der Waals surface area contributed by atoms with Gasteiger partial charge in [0, 0.05) is 11.3 Å². The van der Waals surface area contributed by atoms with Gasteiger partial charge in [0.15, 0.2) is 0 Å². The summed E-state index contributed by atoms with van der Waals surface area (Å²) < 4.78 is 44.3. The fraction of sp³-hybridized carbons (Fsp3) is 0.0714. The normalized spacial score (nSPS) is 13.7. The maximum absolute atomic E-state index is 12.8. The minimum Gasteiger partial charge on any atom is -0.457 e. The molecule has 0 atom stereocenters. The van der Waals surface area contributed by atoms with Gasteiger partial charge in [0.2, 0.25) is 0 Å². The number of ether oxygens (including phenoxy) is 1. The van der Waals surface area contributed by atoms with Gasteiger partial charge in [-0.2, -0.15) is 0 Å². The number of anilines is 1. The van der Waals surface area contributed by atoms with Crippen molar-refractivity contribution < 1.29 is 22.3 Å². The van der Waals surface area contributed by atoms with Crippen molar-refractivity contribution in [3.63, 3.8) is 0 Å².